The summed E-state index contributed by atoms with van der Waals surface area (Å²) in [5.74, 6) is -0.165. The molecule has 1 heterocycles. The number of methoxy groups -OCH3 is 2. The van der Waals surface area contributed by atoms with Gasteiger partial charge in [0.2, 0.25) is 5.76 Å². The van der Waals surface area contributed by atoms with E-state index < -0.39 is 16.8 Å². The van der Waals surface area contributed by atoms with Crippen LogP contribution in [0.3, 0.4) is 0 Å². The van der Waals surface area contributed by atoms with Crippen LogP contribution >= 0.6 is 0 Å². The molecule has 0 unspecified atom stereocenters. The van der Waals surface area contributed by atoms with Crippen molar-refractivity contribution in [3.05, 3.63) is 75.2 Å². The number of esters is 1. The van der Waals surface area contributed by atoms with E-state index in [1.165, 1.54) is 39.4 Å². The summed E-state index contributed by atoms with van der Waals surface area (Å²) in [5.41, 5.74) is 1.50. The zero-order chi connectivity index (χ0) is 24.7. The van der Waals surface area contributed by atoms with E-state index in [0.717, 1.165) is 0 Å². The quantitative estimate of drug-likeness (QED) is 0.282. The van der Waals surface area contributed by atoms with E-state index >= 15 is 0 Å². The number of anilines is 1. The lowest BCUT2D eigenvalue weighted by Gasteiger charge is -2.11. The topological polar surface area (TPSA) is 143 Å². The van der Waals surface area contributed by atoms with Gasteiger partial charge in [0, 0.05) is 5.69 Å². The summed E-state index contributed by atoms with van der Waals surface area (Å²) in [7, 11) is 2.74. The normalized spacial score (nSPS) is 10.7. The summed E-state index contributed by atoms with van der Waals surface area (Å²) in [6, 6.07) is 11.2. The molecule has 1 N–H and O–H groups in total. The SMILES string of the molecule is COC(=O)c1ccc(NC(=O)COc2ccc(/C=C/c3onc(C)c3[N+](=O)[O-])cc2OC)cc1. The molecule has 0 aliphatic rings. The van der Waals surface area contributed by atoms with Crippen molar-refractivity contribution in [2.45, 2.75) is 6.92 Å². The number of amides is 1. The maximum atomic E-state index is 12.2. The number of nitro groups is 1. The second kappa shape index (κ2) is 10.8. The molecule has 0 bridgehead atoms. The van der Waals surface area contributed by atoms with Crippen LogP contribution in [0.15, 0.2) is 47.0 Å². The molecule has 34 heavy (non-hydrogen) atoms. The van der Waals surface area contributed by atoms with Gasteiger partial charge in [-0.05, 0) is 55.0 Å². The van der Waals surface area contributed by atoms with Gasteiger partial charge in [0.05, 0.1) is 24.7 Å². The molecule has 0 radical (unpaired) electrons. The predicted octanol–water partition coefficient (Wildman–Crippen LogP) is 3.87. The van der Waals surface area contributed by atoms with Crippen LogP contribution in [0.1, 0.15) is 27.4 Å². The molecule has 0 aliphatic heterocycles. The molecule has 0 fully saturated rings. The van der Waals surface area contributed by atoms with Crippen molar-refractivity contribution < 1.29 is 33.2 Å². The lowest BCUT2D eigenvalue weighted by atomic mass is 10.1. The van der Waals surface area contributed by atoms with Gasteiger partial charge in [0.15, 0.2) is 23.8 Å². The van der Waals surface area contributed by atoms with Crippen LogP contribution in [0.5, 0.6) is 11.5 Å². The van der Waals surface area contributed by atoms with Gasteiger partial charge in [-0.25, -0.2) is 4.79 Å². The van der Waals surface area contributed by atoms with Crippen molar-refractivity contribution in [3.8, 4) is 11.5 Å². The molecule has 11 heteroatoms. The molecule has 0 spiro atoms. The van der Waals surface area contributed by atoms with Crippen molar-refractivity contribution in [2.75, 3.05) is 26.1 Å². The molecule has 1 amide bonds. The second-order valence-electron chi connectivity index (χ2n) is 6.89. The Morgan fingerprint density at radius 3 is 2.50 bits per heavy atom. The second-order valence-corrected chi connectivity index (χ2v) is 6.89. The predicted molar refractivity (Wildman–Crippen MR) is 122 cm³/mol. The highest BCUT2D eigenvalue weighted by Gasteiger charge is 2.22. The largest absolute Gasteiger partial charge is 0.493 e. The Kier molecular flexibility index (Phi) is 7.60. The maximum Gasteiger partial charge on any atom is 0.338 e. The summed E-state index contributed by atoms with van der Waals surface area (Å²) in [6.45, 7) is 1.20. The standard InChI is InChI=1S/C23H21N3O8/c1-14-22(26(29)30)19(34-25-14)11-5-15-4-10-18(20(12-15)31-2)33-13-21(27)24-17-8-6-16(7-9-17)23(28)32-3/h4-12H,13H2,1-3H3,(H,24,27)/b11-5+. The first-order valence-electron chi connectivity index (χ1n) is 9.90. The highest BCUT2D eigenvalue weighted by molar-refractivity contribution is 5.93. The lowest BCUT2D eigenvalue weighted by molar-refractivity contribution is -0.386. The van der Waals surface area contributed by atoms with Gasteiger partial charge in [0.25, 0.3) is 5.91 Å². The lowest BCUT2D eigenvalue weighted by Crippen LogP contribution is -2.20. The molecule has 2 aromatic carbocycles. The van der Waals surface area contributed by atoms with E-state index in [4.69, 9.17) is 14.0 Å². The molecule has 0 saturated heterocycles. The van der Waals surface area contributed by atoms with Crippen molar-refractivity contribution in [1.82, 2.24) is 5.16 Å². The Morgan fingerprint density at radius 2 is 1.85 bits per heavy atom. The van der Waals surface area contributed by atoms with Crippen molar-refractivity contribution >= 4 is 35.4 Å². The van der Waals surface area contributed by atoms with Crippen molar-refractivity contribution in [1.29, 1.82) is 0 Å². The van der Waals surface area contributed by atoms with E-state index in [1.54, 1.807) is 36.4 Å². The third-order valence-electron chi connectivity index (χ3n) is 4.60. The first-order valence-corrected chi connectivity index (χ1v) is 9.90. The molecule has 0 saturated carbocycles. The van der Waals surface area contributed by atoms with Crippen molar-refractivity contribution in [2.24, 2.45) is 0 Å². The molecule has 11 nitrogen and oxygen atoms in total. The average Bonchev–Trinajstić information content (AvgIpc) is 3.22. The minimum atomic E-state index is -0.554. The first-order chi connectivity index (χ1) is 16.3. The van der Waals surface area contributed by atoms with Crippen LogP contribution < -0.4 is 14.8 Å². The number of aryl methyl sites for hydroxylation is 1. The van der Waals surface area contributed by atoms with E-state index in [2.05, 4.69) is 15.2 Å². The minimum Gasteiger partial charge on any atom is -0.493 e. The Morgan fingerprint density at radius 1 is 1.12 bits per heavy atom. The third-order valence-corrected chi connectivity index (χ3v) is 4.60. The summed E-state index contributed by atoms with van der Waals surface area (Å²) in [5, 5.41) is 17.4. The molecule has 1 aromatic heterocycles. The zero-order valence-corrected chi connectivity index (χ0v) is 18.6. The minimum absolute atomic E-state index is 0.0260. The van der Waals surface area contributed by atoms with Crippen LogP contribution in [0.2, 0.25) is 0 Å². The molecule has 176 valence electrons. The molecular weight excluding hydrogens is 446 g/mol. The molecule has 0 atom stereocenters. The number of carbonyl (C=O) groups is 2. The molecule has 3 aromatic rings. The number of nitrogens with one attached hydrogen (secondary N) is 1. The Labute approximate surface area is 194 Å². The van der Waals surface area contributed by atoms with E-state index in [0.29, 0.717) is 28.3 Å². The van der Waals surface area contributed by atoms with Crippen LogP contribution in [-0.2, 0) is 9.53 Å². The molecule has 0 aliphatic carbocycles. The van der Waals surface area contributed by atoms with Gasteiger partial charge in [-0.15, -0.1) is 0 Å². The smallest absolute Gasteiger partial charge is 0.338 e. The molecule has 3 rings (SSSR count). The third kappa shape index (κ3) is 5.76. The maximum absolute atomic E-state index is 12.2. The fourth-order valence-corrected chi connectivity index (χ4v) is 2.94. The van der Waals surface area contributed by atoms with Gasteiger partial charge in [0.1, 0.15) is 0 Å². The summed E-state index contributed by atoms with van der Waals surface area (Å²) in [4.78, 5) is 34.3. The first kappa shape index (κ1) is 24.0. The van der Waals surface area contributed by atoms with Crippen molar-refractivity contribution in [3.63, 3.8) is 0 Å². The number of hydrogen-bond acceptors (Lipinski definition) is 9. The average molecular weight is 467 g/mol. The van der Waals surface area contributed by atoms with E-state index in [9.17, 15) is 19.7 Å². The Bertz CT molecular complexity index is 1230. The Balaban J connectivity index is 1.63. The van der Waals surface area contributed by atoms with Crippen LogP contribution in [0.25, 0.3) is 12.2 Å². The summed E-state index contributed by atoms with van der Waals surface area (Å²) < 4.78 is 20.5. The monoisotopic (exact) mass is 467 g/mol. The summed E-state index contributed by atoms with van der Waals surface area (Å²) >= 11 is 0. The number of carbonyl (C=O) groups excluding carboxylic acids is 2. The highest BCUT2D eigenvalue weighted by Crippen LogP contribution is 2.30. The molecular formula is C23H21N3O8. The number of ether oxygens (including phenoxy) is 3. The number of nitrogens with zero attached hydrogens (tertiary/aromatic N) is 2. The van der Waals surface area contributed by atoms with Gasteiger partial charge in [-0.2, -0.15) is 0 Å². The van der Waals surface area contributed by atoms with Gasteiger partial charge >= 0.3 is 11.7 Å². The fraction of sp³-hybridized carbons (Fsp3) is 0.174. The van der Waals surface area contributed by atoms with Crippen LogP contribution in [-0.4, -0.2) is 42.8 Å². The Hall–Kier alpha value is -4.67. The van der Waals surface area contributed by atoms with Crippen LogP contribution in [0.4, 0.5) is 11.4 Å². The number of rotatable bonds is 9. The number of benzene rings is 2. The van der Waals surface area contributed by atoms with Gasteiger partial charge in [-0.3, -0.25) is 14.9 Å². The number of hydrogen-bond donors (Lipinski definition) is 1. The zero-order valence-electron chi connectivity index (χ0n) is 18.6. The fourth-order valence-electron chi connectivity index (χ4n) is 2.94. The van der Waals surface area contributed by atoms with Crippen LogP contribution in [0, 0.1) is 17.0 Å². The van der Waals surface area contributed by atoms with E-state index in [1.807, 2.05) is 0 Å². The van der Waals surface area contributed by atoms with Gasteiger partial charge in [-0.1, -0.05) is 17.3 Å². The highest BCUT2D eigenvalue weighted by atomic mass is 16.6. The van der Waals surface area contributed by atoms with E-state index in [-0.39, 0.29) is 23.7 Å². The summed E-state index contributed by atoms with van der Waals surface area (Å²) in [6.07, 6.45) is 3.04. The van der Waals surface area contributed by atoms with Gasteiger partial charge < -0.3 is 24.1 Å². The number of aromatic nitrogens is 1.